The highest BCUT2D eigenvalue weighted by Crippen LogP contribution is 2.39. The molecular formula is C29H40F2N6O2. The number of alkyl halides is 2. The van der Waals surface area contributed by atoms with E-state index in [1.807, 2.05) is 31.7 Å². The van der Waals surface area contributed by atoms with Crippen molar-refractivity contribution in [1.82, 2.24) is 15.2 Å². The second kappa shape index (κ2) is 11.5. The Morgan fingerprint density at radius 1 is 1.21 bits per heavy atom. The van der Waals surface area contributed by atoms with Crippen LogP contribution in [0.5, 0.6) is 0 Å². The standard InChI is InChI=1S/C29H40F2N6O2/c1-6-37(21-9-7-20(8-10-21)36-15-29(30,31)16-36)26-19(4)22(12-25(33-5)23(26)13-32)27(38)34-14-24-17(2)11-18(3)35-28(24)39/h11-13,20-21,32-33H,6-10,14-16H2,1-5H3,(H,34,38)(H,35,39). The summed E-state index contributed by atoms with van der Waals surface area (Å²) in [5, 5.41) is 14.3. The molecule has 4 rings (SSSR count). The number of anilines is 2. The number of H-pyrrole nitrogens is 1. The summed E-state index contributed by atoms with van der Waals surface area (Å²) in [5.74, 6) is -2.85. The van der Waals surface area contributed by atoms with Gasteiger partial charge in [-0.25, -0.2) is 8.78 Å². The highest BCUT2D eigenvalue weighted by atomic mass is 19.3. The molecule has 2 aliphatic rings. The van der Waals surface area contributed by atoms with E-state index in [0.717, 1.165) is 48.2 Å². The molecule has 212 valence electrons. The Labute approximate surface area is 228 Å². The number of hydrogen-bond donors (Lipinski definition) is 4. The molecule has 0 atom stereocenters. The molecule has 1 aliphatic heterocycles. The minimum Gasteiger partial charge on any atom is -0.388 e. The molecule has 1 aromatic carbocycles. The van der Waals surface area contributed by atoms with E-state index in [9.17, 15) is 18.4 Å². The van der Waals surface area contributed by atoms with Crippen molar-refractivity contribution in [3.8, 4) is 0 Å². The molecule has 0 spiro atoms. The minimum absolute atomic E-state index is 0.104. The summed E-state index contributed by atoms with van der Waals surface area (Å²) < 4.78 is 26.8. The molecule has 1 aromatic heterocycles. The second-order valence-electron chi connectivity index (χ2n) is 10.9. The number of hydrogen-bond acceptors (Lipinski definition) is 6. The van der Waals surface area contributed by atoms with Crippen LogP contribution in [0.4, 0.5) is 20.2 Å². The van der Waals surface area contributed by atoms with Gasteiger partial charge in [0.1, 0.15) is 0 Å². The Kier molecular flexibility index (Phi) is 8.44. The number of aromatic amines is 1. The fourth-order valence-corrected chi connectivity index (χ4v) is 6.25. The van der Waals surface area contributed by atoms with Gasteiger partial charge in [-0.1, -0.05) is 0 Å². The largest absolute Gasteiger partial charge is 0.388 e. The van der Waals surface area contributed by atoms with E-state index in [1.54, 1.807) is 13.1 Å². The summed E-state index contributed by atoms with van der Waals surface area (Å²) in [7, 11) is 1.77. The highest BCUT2D eigenvalue weighted by Gasteiger charge is 2.47. The van der Waals surface area contributed by atoms with Crippen LogP contribution < -0.4 is 21.1 Å². The molecule has 2 fully saturated rings. The number of nitrogens with zero attached hydrogens (tertiary/aromatic N) is 2. The van der Waals surface area contributed by atoms with Gasteiger partial charge in [0, 0.05) is 66.5 Å². The Morgan fingerprint density at radius 3 is 2.41 bits per heavy atom. The van der Waals surface area contributed by atoms with Gasteiger partial charge >= 0.3 is 0 Å². The molecule has 1 saturated carbocycles. The third kappa shape index (κ3) is 5.85. The van der Waals surface area contributed by atoms with Crippen LogP contribution in [-0.4, -0.2) is 66.7 Å². The first-order chi connectivity index (χ1) is 18.5. The second-order valence-corrected chi connectivity index (χ2v) is 10.9. The molecule has 0 unspecified atom stereocenters. The Bertz CT molecular complexity index is 1290. The van der Waals surface area contributed by atoms with Gasteiger partial charge in [0.25, 0.3) is 17.4 Å². The van der Waals surface area contributed by atoms with Gasteiger partial charge in [-0.2, -0.15) is 0 Å². The number of aromatic nitrogens is 1. The zero-order chi connectivity index (χ0) is 28.5. The van der Waals surface area contributed by atoms with Crippen LogP contribution in [0.1, 0.15) is 70.9 Å². The van der Waals surface area contributed by atoms with Crippen molar-refractivity contribution in [2.45, 2.75) is 77.9 Å². The van der Waals surface area contributed by atoms with Crippen molar-refractivity contribution in [2.75, 3.05) is 36.9 Å². The van der Waals surface area contributed by atoms with Gasteiger partial charge < -0.3 is 25.9 Å². The molecule has 1 amide bonds. The summed E-state index contributed by atoms with van der Waals surface area (Å²) in [6.07, 6.45) is 4.73. The van der Waals surface area contributed by atoms with Gasteiger partial charge in [-0.15, -0.1) is 0 Å². The third-order valence-corrected chi connectivity index (χ3v) is 8.29. The fourth-order valence-electron chi connectivity index (χ4n) is 6.25. The fraction of sp³-hybridized carbons (Fsp3) is 0.552. The molecule has 1 saturated heterocycles. The smallest absolute Gasteiger partial charge is 0.272 e. The molecule has 0 bridgehead atoms. The quantitative estimate of drug-likeness (QED) is 0.353. The number of carbonyl (C=O) groups excluding carboxylic acids is 1. The first-order valence-corrected chi connectivity index (χ1v) is 13.7. The summed E-state index contributed by atoms with van der Waals surface area (Å²) in [6, 6.07) is 4.00. The van der Waals surface area contributed by atoms with Crippen molar-refractivity contribution in [3.63, 3.8) is 0 Å². The lowest BCUT2D eigenvalue weighted by Gasteiger charge is -2.47. The predicted octanol–water partition coefficient (Wildman–Crippen LogP) is 4.36. The normalized spacial score (nSPS) is 20.7. The zero-order valence-corrected chi connectivity index (χ0v) is 23.5. The van der Waals surface area contributed by atoms with Crippen LogP contribution in [-0.2, 0) is 6.54 Å². The number of pyridine rings is 1. The van der Waals surface area contributed by atoms with Gasteiger partial charge in [0.2, 0.25) is 0 Å². The molecule has 0 radical (unpaired) electrons. The van der Waals surface area contributed by atoms with Crippen LogP contribution in [0.3, 0.4) is 0 Å². The first-order valence-electron chi connectivity index (χ1n) is 13.7. The van der Waals surface area contributed by atoms with Gasteiger partial charge in [-0.3, -0.25) is 14.5 Å². The van der Waals surface area contributed by atoms with E-state index >= 15 is 0 Å². The number of benzene rings is 1. The van der Waals surface area contributed by atoms with Crippen molar-refractivity contribution < 1.29 is 13.6 Å². The molecule has 10 heteroatoms. The van der Waals surface area contributed by atoms with E-state index in [2.05, 4.69) is 27.4 Å². The van der Waals surface area contributed by atoms with E-state index in [4.69, 9.17) is 5.41 Å². The molecule has 2 heterocycles. The first kappa shape index (κ1) is 28.7. The van der Waals surface area contributed by atoms with Gasteiger partial charge in [0.05, 0.1) is 18.8 Å². The van der Waals surface area contributed by atoms with E-state index in [0.29, 0.717) is 28.9 Å². The average Bonchev–Trinajstić information content (AvgIpc) is 2.87. The highest BCUT2D eigenvalue weighted by molar-refractivity contribution is 6.03. The van der Waals surface area contributed by atoms with E-state index < -0.39 is 5.92 Å². The number of carbonyl (C=O) groups is 1. The minimum atomic E-state index is -2.56. The third-order valence-electron chi connectivity index (χ3n) is 8.29. The maximum Gasteiger partial charge on any atom is 0.272 e. The van der Waals surface area contributed by atoms with Crippen molar-refractivity contribution in [1.29, 1.82) is 5.41 Å². The topological polar surface area (TPSA) is 104 Å². The molecule has 39 heavy (non-hydrogen) atoms. The van der Waals surface area contributed by atoms with Crippen molar-refractivity contribution in [3.05, 3.63) is 56.0 Å². The maximum absolute atomic E-state index is 13.5. The average molecular weight is 543 g/mol. The van der Waals surface area contributed by atoms with E-state index in [1.165, 1.54) is 6.21 Å². The lowest BCUT2D eigenvalue weighted by molar-refractivity contribution is -0.149. The van der Waals surface area contributed by atoms with Crippen molar-refractivity contribution >= 4 is 23.5 Å². The van der Waals surface area contributed by atoms with Crippen LogP contribution in [0, 0.1) is 26.2 Å². The zero-order valence-electron chi connectivity index (χ0n) is 23.5. The number of amides is 1. The lowest BCUT2D eigenvalue weighted by Crippen LogP contribution is -2.61. The number of nitrogens with one attached hydrogen (secondary N) is 4. The summed E-state index contributed by atoms with van der Waals surface area (Å²) in [5.41, 5.74) is 5.37. The Hall–Kier alpha value is -3.27. The summed E-state index contributed by atoms with van der Waals surface area (Å²) >= 11 is 0. The van der Waals surface area contributed by atoms with Crippen LogP contribution in [0.2, 0.25) is 0 Å². The number of aryl methyl sites for hydroxylation is 2. The van der Waals surface area contributed by atoms with E-state index in [-0.39, 0.29) is 43.2 Å². The number of rotatable bonds is 9. The monoisotopic (exact) mass is 542 g/mol. The molecular weight excluding hydrogens is 502 g/mol. The Morgan fingerprint density at radius 2 is 1.87 bits per heavy atom. The molecule has 8 nitrogen and oxygen atoms in total. The number of halogens is 2. The van der Waals surface area contributed by atoms with Crippen LogP contribution >= 0.6 is 0 Å². The maximum atomic E-state index is 13.5. The molecule has 4 N–H and O–H groups in total. The van der Waals surface area contributed by atoms with Crippen molar-refractivity contribution in [2.24, 2.45) is 0 Å². The summed E-state index contributed by atoms with van der Waals surface area (Å²) in [6.45, 7) is 8.14. The van der Waals surface area contributed by atoms with Crippen LogP contribution in [0.15, 0.2) is 16.9 Å². The summed E-state index contributed by atoms with van der Waals surface area (Å²) in [4.78, 5) is 32.9. The van der Waals surface area contributed by atoms with Crippen LogP contribution in [0.25, 0.3) is 0 Å². The SMILES string of the molecule is CCN(c1c(C)c(C(=O)NCc2c(C)cc(C)[nH]c2=O)cc(NC)c1C=N)C1CCC(N2CC(F)(F)C2)CC1. The Balaban J connectivity index is 1.59. The molecule has 1 aliphatic carbocycles. The number of likely N-dealkylation sites (tertiary alicyclic amines) is 1. The molecule has 2 aromatic rings. The van der Waals surface area contributed by atoms with Gasteiger partial charge in [-0.05, 0) is 76.6 Å². The van der Waals surface area contributed by atoms with Gasteiger partial charge in [0.15, 0.2) is 0 Å². The predicted molar refractivity (Wildman–Crippen MR) is 152 cm³/mol. The lowest BCUT2D eigenvalue weighted by atomic mass is 9.86.